The highest BCUT2D eigenvalue weighted by molar-refractivity contribution is 5.79. The molecule has 8 heteroatoms. The van der Waals surface area contributed by atoms with Crippen molar-refractivity contribution < 1.29 is 9.53 Å². The van der Waals surface area contributed by atoms with Gasteiger partial charge in [0.05, 0.1) is 18.6 Å². The maximum Gasteiger partial charge on any atom is 0.337 e. The second-order valence-corrected chi connectivity index (χ2v) is 7.47. The van der Waals surface area contributed by atoms with Crippen molar-refractivity contribution in [3.8, 4) is 5.69 Å². The fourth-order valence-corrected chi connectivity index (χ4v) is 3.37. The van der Waals surface area contributed by atoms with Gasteiger partial charge in [-0.15, -0.1) is 0 Å². The van der Waals surface area contributed by atoms with Gasteiger partial charge in [0.15, 0.2) is 11.2 Å². The van der Waals surface area contributed by atoms with E-state index < -0.39 is 23.3 Å². The van der Waals surface area contributed by atoms with E-state index in [1.807, 2.05) is 45.0 Å². The Morgan fingerprint density at radius 1 is 1.17 bits per heavy atom. The molecule has 1 atom stereocenters. The molecular formula is C21H26N4O4. The van der Waals surface area contributed by atoms with Crippen LogP contribution in [0.25, 0.3) is 16.9 Å². The van der Waals surface area contributed by atoms with Crippen LogP contribution in [0.1, 0.15) is 39.3 Å². The zero-order valence-electron chi connectivity index (χ0n) is 17.4. The molecule has 0 aliphatic heterocycles. The summed E-state index contributed by atoms with van der Waals surface area (Å²) < 4.78 is 9.26. The van der Waals surface area contributed by atoms with E-state index in [-0.39, 0.29) is 30.2 Å². The van der Waals surface area contributed by atoms with Crippen molar-refractivity contribution >= 4 is 17.1 Å². The van der Waals surface area contributed by atoms with Gasteiger partial charge >= 0.3 is 11.7 Å². The Bertz CT molecular complexity index is 1170. The van der Waals surface area contributed by atoms with E-state index in [9.17, 15) is 14.4 Å². The van der Waals surface area contributed by atoms with Gasteiger partial charge in [0.25, 0.3) is 5.56 Å². The number of nitrogens with zero attached hydrogens (tertiary/aromatic N) is 4. The number of benzene rings is 1. The molecule has 0 radical (unpaired) electrons. The number of rotatable bonds is 6. The monoisotopic (exact) mass is 398 g/mol. The number of aromatic nitrogens is 4. The molecule has 0 aliphatic carbocycles. The number of hydrogen-bond donors (Lipinski definition) is 0. The van der Waals surface area contributed by atoms with E-state index in [1.165, 1.54) is 20.0 Å². The van der Waals surface area contributed by atoms with Gasteiger partial charge in [-0.2, -0.15) is 0 Å². The van der Waals surface area contributed by atoms with E-state index in [0.29, 0.717) is 5.69 Å². The van der Waals surface area contributed by atoms with Gasteiger partial charge in [-0.05, 0) is 38.3 Å². The summed E-state index contributed by atoms with van der Waals surface area (Å²) in [5.41, 5.74) is 1.05. The molecule has 3 rings (SSSR count). The molecule has 1 aromatic carbocycles. The molecular weight excluding hydrogens is 372 g/mol. The molecule has 0 fully saturated rings. The van der Waals surface area contributed by atoms with Crippen molar-refractivity contribution in [2.24, 2.45) is 5.92 Å². The second kappa shape index (κ2) is 8.06. The average molecular weight is 398 g/mol. The smallest absolute Gasteiger partial charge is 0.337 e. The molecule has 2 aromatic heterocycles. The van der Waals surface area contributed by atoms with Crippen LogP contribution in [-0.4, -0.2) is 31.3 Å². The lowest BCUT2D eigenvalue weighted by Gasteiger charge is -2.17. The minimum absolute atomic E-state index is 0.0852. The van der Waals surface area contributed by atoms with E-state index in [1.54, 1.807) is 13.8 Å². The van der Waals surface area contributed by atoms with Crippen molar-refractivity contribution in [3.05, 3.63) is 57.0 Å². The summed E-state index contributed by atoms with van der Waals surface area (Å²) in [7, 11) is 0. The van der Waals surface area contributed by atoms with Crippen LogP contribution in [0.15, 0.2) is 40.2 Å². The predicted octanol–water partition coefficient (Wildman–Crippen LogP) is 2.44. The number of fused-ring (bicyclic) bond motifs is 1. The molecule has 3 aromatic rings. The number of aryl methyl sites for hydroxylation is 1. The molecule has 0 spiro atoms. The highest BCUT2D eigenvalue weighted by Gasteiger charge is 2.25. The largest absolute Gasteiger partial charge is 0.464 e. The van der Waals surface area contributed by atoms with Crippen molar-refractivity contribution in [2.75, 3.05) is 6.61 Å². The van der Waals surface area contributed by atoms with Crippen LogP contribution in [0.3, 0.4) is 0 Å². The third kappa shape index (κ3) is 3.62. The highest BCUT2D eigenvalue weighted by atomic mass is 16.5. The Morgan fingerprint density at radius 2 is 1.86 bits per heavy atom. The van der Waals surface area contributed by atoms with Gasteiger partial charge in [-0.1, -0.05) is 32.0 Å². The SMILES string of the molecule is CCOC(=O)[C@H](C)n1cnc2c1c(=O)n(CC(C)C)c(=O)n2-c1ccccc1C. The first-order valence-corrected chi connectivity index (χ1v) is 9.72. The standard InChI is InChI=1S/C21H26N4O4/c1-6-29-20(27)15(5)24-12-22-18-17(24)19(26)23(11-13(2)3)21(28)25(18)16-10-8-7-9-14(16)4/h7-10,12-13,15H,6,11H2,1-5H3/t15-/m0/s1. The van der Waals surface area contributed by atoms with Crippen LogP contribution in [-0.2, 0) is 16.1 Å². The second-order valence-electron chi connectivity index (χ2n) is 7.47. The van der Waals surface area contributed by atoms with Crippen LogP contribution in [0.5, 0.6) is 0 Å². The summed E-state index contributed by atoms with van der Waals surface area (Å²) in [6.07, 6.45) is 1.42. The molecule has 0 saturated carbocycles. The van der Waals surface area contributed by atoms with E-state index >= 15 is 0 Å². The topological polar surface area (TPSA) is 88.1 Å². The van der Waals surface area contributed by atoms with Crippen LogP contribution in [0.2, 0.25) is 0 Å². The van der Waals surface area contributed by atoms with Crippen molar-refractivity contribution in [1.82, 2.24) is 18.7 Å². The number of esters is 1. The molecule has 0 unspecified atom stereocenters. The van der Waals surface area contributed by atoms with Crippen molar-refractivity contribution in [3.63, 3.8) is 0 Å². The Labute approximate surface area is 168 Å². The van der Waals surface area contributed by atoms with Crippen LogP contribution < -0.4 is 11.2 Å². The normalized spacial score (nSPS) is 12.5. The van der Waals surface area contributed by atoms with Gasteiger partial charge in [0, 0.05) is 6.54 Å². The molecule has 0 amide bonds. The zero-order chi connectivity index (χ0) is 21.3. The quantitative estimate of drug-likeness (QED) is 0.595. The van der Waals surface area contributed by atoms with Gasteiger partial charge in [-0.3, -0.25) is 9.36 Å². The maximum absolute atomic E-state index is 13.3. The molecule has 0 N–H and O–H groups in total. The summed E-state index contributed by atoms with van der Waals surface area (Å²) in [4.78, 5) is 43.2. The number of carbonyl (C=O) groups excluding carboxylic acids is 1. The Hall–Kier alpha value is -3.16. The van der Waals surface area contributed by atoms with Gasteiger partial charge < -0.3 is 9.30 Å². The molecule has 154 valence electrons. The van der Waals surface area contributed by atoms with Crippen molar-refractivity contribution in [1.29, 1.82) is 0 Å². The molecule has 0 bridgehead atoms. The highest BCUT2D eigenvalue weighted by Crippen LogP contribution is 2.19. The number of para-hydroxylation sites is 1. The minimum Gasteiger partial charge on any atom is -0.464 e. The van der Waals surface area contributed by atoms with Gasteiger partial charge in [0.1, 0.15) is 6.04 Å². The maximum atomic E-state index is 13.3. The number of carbonyl (C=O) groups is 1. The summed E-state index contributed by atoms with van der Waals surface area (Å²) in [6, 6.07) is 6.67. The first-order chi connectivity index (χ1) is 13.8. The number of ether oxygens (including phenoxy) is 1. The lowest BCUT2D eigenvalue weighted by atomic mass is 10.2. The molecule has 0 saturated heterocycles. The van der Waals surface area contributed by atoms with Crippen molar-refractivity contribution in [2.45, 2.75) is 47.2 Å². The Morgan fingerprint density at radius 3 is 2.48 bits per heavy atom. The molecule has 2 heterocycles. The summed E-state index contributed by atoms with van der Waals surface area (Å²) >= 11 is 0. The predicted molar refractivity (Wildman–Crippen MR) is 111 cm³/mol. The Balaban J connectivity index is 2.40. The molecule has 8 nitrogen and oxygen atoms in total. The summed E-state index contributed by atoms with van der Waals surface area (Å²) in [5, 5.41) is 0. The summed E-state index contributed by atoms with van der Waals surface area (Å²) in [5.74, 6) is -0.378. The van der Waals surface area contributed by atoms with Gasteiger partial charge in [0.2, 0.25) is 0 Å². The summed E-state index contributed by atoms with van der Waals surface area (Å²) in [6.45, 7) is 9.64. The average Bonchev–Trinajstić information content (AvgIpc) is 3.11. The van der Waals surface area contributed by atoms with Crippen LogP contribution in [0.4, 0.5) is 0 Å². The van der Waals surface area contributed by atoms with E-state index in [4.69, 9.17) is 4.74 Å². The minimum atomic E-state index is -0.747. The Kier molecular flexibility index (Phi) is 5.72. The van der Waals surface area contributed by atoms with Crippen LogP contribution >= 0.6 is 0 Å². The number of hydrogen-bond acceptors (Lipinski definition) is 5. The van der Waals surface area contributed by atoms with E-state index in [0.717, 1.165) is 5.56 Å². The van der Waals surface area contributed by atoms with E-state index in [2.05, 4.69) is 4.98 Å². The fraction of sp³-hybridized carbons (Fsp3) is 0.429. The van der Waals surface area contributed by atoms with Gasteiger partial charge in [-0.25, -0.2) is 19.1 Å². The third-order valence-corrected chi connectivity index (χ3v) is 4.81. The first kappa shape index (κ1) is 20.6. The third-order valence-electron chi connectivity index (χ3n) is 4.81. The molecule has 0 aliphatic rings. The zero-order valence-corrected chi connectivity index (χ0v) is 17.4. The first-order valence-electron chi connectivity index (χ1n) is 9.72. The lowest BCUT2D eigenvalue weighted by molar-refractivity contribution is -0.146. The lowest BCUT2D eigenvalue weighted by Crippen LogP contribution is -2.41. The van der Waals surface area contributed by atoms with Crippen LogP contribution in [0, 0.1) is 12.8 Å². The molecule has 29 heavy (non-hydrogen) atoms. The number of imidazole rings is 1. The fourth-order valence-electron chi connectivity index (χ4n) is 3.37.